The predicted octanol–water partition coefficient (Wildman–Crippen LogP) is 3.67. The fraction of sp³-hybridized carbons (Fsp3) is 0.250. The summed E-state index contributed by atoms with van der Waals surface area (Å²) >= 11 is 1.30. The molecule has 1 saturated carbocycles. The first-order valence-corrected chi connectivity index (χ1v) is 11.5. The largest absolute Gasteiger partial charge is 0.345 e. The minimum atomic E-state index is -0.721. The lowest BCUT2D eigenvalue weighted by Crippen LogP contribution is -2.42. The third-order valence-corrected chi connectivity index (χ3v) is 6.66. The number of aryl methyl sites for hydroxylation is 1. The average Bonchev–Trinajstić information content (AvgIpc) is 3.52. The van der Waals surface area contributed by atoms with Crippen molar-refractivity contribution < 1.29 is 18.8 Å². The van der Waals surface area contributed by atoms with Gasteiger partial charge in [-0.05, 0) is 55.7 Å². The van der Waals surface area contributed by atoms with E-state index in [9.17, 15) is 18.8 Å². The number of rotatable bonds is 6. The van der Waals surface area contributed by atoms with Crippen molar-refractivity contribution in [1.29, 1.82) is 0 Å². The molecule has 2 aromatic carbocycles. The number of carbonyl (C=O) groups excluding carboxylic acids is 3. The smallest absolute Gasteiger partial charge is 0.255 e. The van der Waals surface area contributed by atoms with Crippen molar-refractivity contribution in [3.8, 4) is 11.3 Å². The normalized spacial score (nSPS) is 17.1. The Bertz CT molecular complexity index is 1250. The van der Waals surface area contributed by atoms with Crippen LogP contribution in [0.1, 0.15) is 39.7 Å². The Kier molecular flexibility index (Phi) is 5.41. The summed E-state index contributed by atoms with van der Waals surface area (Å²) in [4.78, 5) is 45.2. The zero-order chi connectivity index (χ0) is 23.1. The first-order valence-electron chi connectivity index (χ1n) is 10.6. The molecule has 0 radical (unpaired) electrons. The van der Waals surface area contributed by atoms with E-state index in [-0.39, 0.29) is 30.2 Å². The van der Waals surface area contributed by atoms with Gasteiger partial charge in [0, 0.05) is 22.0 Å². The molecule has 3 amide bonds. The summed E-state index contributed by atoms with van der Waals surface area (Å²) in [5.74, 6) is -1.26. The van der Waals surface area contributed by atoms with E-state index in [4.69, 9.17) is 0 Å². The SMILES string of the molecule is Cc1sc(NC(=O)CNC(=O)C2c3ccccc3C(=O)N2C2CC2)nc1-c1ccc(F)cc1. The highest BCUT2D eigenvalue weighted by Gasteiger charge is 2.47. The van der Waals surface area contributed by atoms with Crippen LogP contribution in [-0.2, 0) is 9.59 Å². The van der Waals surface area contributed by atoms with Gasteiger partial charge in [-0.15, -0.1) is 11.3 Å². The second-order valence-electron chi connectivity index (χ2n) is 8.13. The van der Waals surface area contributed by atoms with Crippen molar-refractivity contribution in [2.75, 3.05) is 11.9 Å². The molecule has 2 N–H and O–H groups in total. The molecule has 1 aliphatic heterocycles. The van der Waals surface area contributed by atoms with E-state index in [0.717, 1.165) is 23.3 Å². The molecule has 1 unspecified atom stereocenters. The Labute approximate surface area is 193 Å². The Morgan fingerprint density at radius 1 is 1.15 bits per heavy atom. The van der Waals surface area contributed by atoms with E-state index in [0.29, 0.717) is 22.0 Å². The second kappa shape index (κ2) is 8.40. The van der Waals surface area contributed by atoms with Gasteiger partial charge < -0.3 is 15.5 Å². The van der Waals surface area contributed by atoms with Gasteiger partial charge in [-0.1, -0.05) is 18.2 Å². The highest BCUT2D eigenvalue weighted by Crippen LogP contribution is 2.41. The van der Waals surface area contributed by atoms with E-state index in [1.54, 1.807) is 41.3 Å². The molecule has 33 heavy (non-hydrogen) atoms. The number of aromatic nitrogens is 1. The van der Waals surface area contributed by atoms with Crippen LogP contribution in [-0.4, -0.2) is 40.2 Å². The Morgan fingerprint density at radius 2 is 1.88 bits per heavy atom. The van der Waals surface area contributed by atoms with Crippen LogP contribution in [0.3, 0.4) is 0 Å². The van der Waals surface area contributed by atoms with E-state index in [1.807, 2.05) is 6.92 Å². The first kappa shape index (κ1) is 21.3. The molecule has 9 heteroatoms. The molecule has 0 saturated heterocycles. The molecule has 1 aliphatic carbocycles. The molecule has 2 aliphatic rings. The molecular formula is C24H21FN4O3S. The van der Waals surface area contributed by atoms with Gasteiger partial charge in [0.25, 0.3) is 5.91 Å². The summed E-state index contributed by atoms with van der Waals surface area (Å²) < 4.78 is 13.2. The third-order valence-electron chi connectivity index (χ3n) is 5.77. The van der Waals surface area contributed by atoms with Crippen LogP contribution in [0.5, 0.6) is 0 Å². The summed E-state index contributed by atoms with van der Waals surface area (Å²) in [6.07, 6.45) is 1.76. The Morgan fingerprint density at radius 3 is 2.61 bits per heavy atom. The van der Waals surface area contributed by atoms with Gasteiger partial charge in [0.2, 0.25) is 11.8 Å². The van der Waals surface area contributed by atoms with Crippen molar-refractivity contribution in [2.24, 2.45) is 0 Å². The average molecular weight is 465 g/mol. The zero-order valence-corrected chi connectivity index (χ0v) is 18.6. The number of nitrogens with one attached hydrogen (secondary N) is 2. The molecule has 7 nitrogen and oxygen atoms in total. The molecule has 2 heterocycles. The Balaban J connectivity index is 1.24. The van der Waals surface area contributed by atoms with Gasteiger partial charge in [0.1, 0.15) is 11.9 Å². The number of nitrogens with zero attached hydrogens (tertiary/aromatic N) is 2. The molecule has 0 bridgehead atoms. The number of benzene rings is 2. The molecule has 1 atom stereocenters. The molecule has 5 rings (SSSR count). The molecule has 1 fully saturated rings. The van der Waals surface area contributed by atoms with Gasteiger partial charge in [0.15, 0.2) is 5.13 Å². The minimum absolute atomic E-state index is 0.0673. The van der Waals surface area contributed by atoms with Gasteiger partial charge in [0.05, 0.1) is 12.2 Å². The first-order chi connectivity index (χ1) is 15.9. The molecular weight excluding hydrogens is 443 g/mol. The fourth-order valence-corrected chi connectivity index (χ4v) is 4.94. The van der Waals surface area contributed by atoms with Crippen LogP contribution in [0.2, 0.25) is 0 Å². The van der Waals surface area contributed by atoms with E-state index in [1.165, 1.54) is 23.5 Å². The summed E-state index contributed by atoms with van der Waals surface area (Å²) in [7, 11) is 0. The van der Waals surface area contributed by atoms with Gasteiger partial charge in [-0.2, -0.15) is 0 Å². The van der Waals surface area contributed by atoms with Crippen LogP contribution >= 0.6 is 11.3 Å². The lowest BCUT2D eigenvalue weighted by atomic mass is 10.0. The van der Waals surface area contributed by atoms with Crippen LogP contribution in [0.4, 0.5) is 9.52 Å². The second-order valence-corrected chi connectivity index (χ2v) is 9.33. The lowest BCUT2D eigenvalue weighted by molar-refractivity contribution is -0.127. The van der Waals surface area contributed by atoms with Crippen molar-refractivity contribution in [1.82, 2.24) is 15.2 Å². The van der Waals surface area contributed by atoms with Crippen LogP contribution in [0.15, 0.2) is 48.5 Å². The minimum Gasteiger partial charge on any atom is -0.345 e. The number of fused-ring (bicyclic) bond motifs is 1. The zero-order valence-electron chi connectivity index (χ0n) is 17.8. The van der Waals surface area contributed by atoms with Gasteiger partial charge in [-0.25, -0.2) is 9.37 Å². The fourth-order valence-electron chi connectivity index (χ4n) is 4.09. The van der Waals surface area contributed by atoms with E-state index >= 15 is 0 Å². The summed E-state index contributed by atoms with van der Waals surface area (Å²) in [6, 6.07) is 12.4. The van der Waals surface area contributed by atoms with Gasteiger partial charge >= 0.3 is 0 Å². The van der Waals surface area contributed by atoms with Crippen LogP contribution < -0.4 is 10.6 Å². The summed E-state index contributed by atoms with van der Waals surface area (Å²) in [5.41, 5.74) is 2.64. The predicted molar refractivity (Wildman–Crippen MR) is 122 cm³/mol. The molecule has 3 aromatic rings. The van der Waals surface area contributed by atoms with Crippen molar-refractivity contribution in [3.63, 3.8) is 0 Å². The standard InChI is InChI=1S/C24H21FN4O3S/c1-13-20(14-6-8-15(25)9-7-14)28-24(33-13)27-19(30)12-26-22(31)21-17-4-2-3-5-18(17)23(32)29(21)16-10-11-16/h2-9,16,21H,10-12H2,1H3,(H,26,31)(H,27,28,30). The van der Waals surface area contributed by atoms with Crippen LogP contribution in [0.25, 0.3) is 11.3 Å². The molecule has 168 valence electrons. The number of halogens is 1. The number of hydrogen-bond donors (Lipinski definition) is 2. The number of hydrogen-bond acceptors (Lipinski definition) is 5. The topological polar surface area (TPSA) is 91.4 Å². The molecule has 0 spiro atoms. The Hall–Kier alpha value is -3.59. The van der Waals surface area contributed by atoms with Crippen molar-refractivity contribution in [3.05, 3.63) is 70.4 Å². The van der Waals surface area contributed by atoms with Gasteiger partial charge in [-0.3, -0.25) is 14.4 Å². The number of thiazole rings is 1. The number of amides is 3. The summed E-state index contributed by atoms with van der Waals surface area (Å²) in [5, 5.41) is 5.77. The van der Waals surface area contributed by atoms with E-state index < -0.39 is 11.9 Å². The monoisotopic (exact) mass is 464 g/mol. The van der Waals surface area contributed by atoms with Crippen LogP contribution in [0, 0.1) is 12.7 Å². The summed E-state index contributed by atoms with van der Waals surface area (Å²) in [6.45, 7) is 1.63. The molecule has 1 aromatic heterocycles. The quantitative estimate of drug-likeness (QED) is 0.582. The van der Waals surface area contributed by atoms with Crippen molar-refractivity contribution >= 4 is 34.2 Å². The number of anilines is 1. The lowest BCUT2D eigenvalue weighted by Gasteiger charge is -2.24. The highest BCUT2D eigenvalue weighted by atomic mass is 32.1. The maximum Gasteiger partial charge on any atom is 0.255 e. The third kappa shape index (κ3) is 4.11. The highest BCUT2D eigenvalue weighted by molar-refractivity contribution is 7.16. The number of carbonyl (C=O) groups is 3. The maximum atomic E-state index is 13.2. The van der Waals surface area contributed by atoms with E-state index in [2.05, 4.69) is 15.6 Å². The van der Waals surface area contributed by atoms with Crippen molar-refractivity contribution in [2.45, 2.75) is 31.8 Å². The maximum absolute atomic E-state index is 13.2.